The first-order chi connectivity index (χ1) is 19.8. The minimum absolute atomic E-state index is 0.0745. The van der Waals surface area contributed by atoms with E-state index in [1.54, 1.807) is 51.1 Å². The van der Waals surface area contributed by atoms with Crippen molar-refractivity contribution in [1.82, 2.24) is 25.5 Å². The van der Waals surface area contributed by atoms with E-state index in [2.05, 4.69) is 26.0 Å². The van der Waals surface area contributed by atoms with Crippen molar-refractivity contribution in [2.45, 2.75) is 26.3 Å². The van der Waals surface area contributed by atoms with Crippen LogP contribution in [0.25, 0.3) is 11.8 Å². The lowest BCUT2D eigenvalue weighted by molar-refractivity contribution is -0.133. The summed E-state index contributed by atoms with van der Waals surface area (Å²) in [5.74, 6) is -3.37. The van der Waals surface area contributed by atoms with E-state index in [9.17, 15) is 19.5 Å². The number of anilines is 1. The van der Waals surface area contributed by atoms with E-state index in [0.29, 0.717) is 5.56 Å². The van der Waals surface area contributed by atoms with E-state index in [4.69, 9.17) is 23.2 Å². The molecule has 4 rings (SSSR count). The molecule has 3 aromatic carbocycles. The van der Waals surface area contributed by atoms with Gasteiger partial charge in [0.05, 0.1) is 21.3 Å². The number of aromatic nitrogens is 4. The first-order valence-corrected chi connectivity index (χ1v) is 13.2. The fraction of sp³-hybridized carbons (Fsp3) is 0.172. The molecule has 13 heteroatoms. The smallest absolute Gasteiger partial charge is 0.337 e. The highest BCUT2D eigenvalue weighted by Gasteiger charge is 2.51. The second-order valence-electron chi connectivity index (χ2n) is 10.2. The Morgan fingerprint density at radius 1 is 1.00 bits per heavy atom. The van der Waals surface area contributed by atoms with Gasteiger partial charge in [-0.05, 0) is 52.6 Å². The first-order valence-electron chi connectivity index (χ1n) is 12.5. The van der Waals surface area contributed by atoms with E-state index in [-0.39, 0.29) is 32.5 Å². The Hall–Kier alpha value is -4.61. The molecule has 0 radical (unpaired) electrons. The molecule has 0 spiro atoms. The fourth-order valence-corrected chi connectivity index (χ4v) is 4.88. The van der Waals surface area contributed by atoms with Gasteiger partial charge in [0.25, 0.3) is 5.91 Å². The van der Waals surface area contributed by atoms with Crippen LogP contribution in [-0.4, -0.2) is 43.1 Å². The molecular weight excluding hydrogens is 586 g/mol. The summed E-state index contributed by atoms with van der Waals surface area (Å²) in [6.07, 6.45) is 3.45. The van der Waals surface area contributed by atoms with Gasteiger partial charge in [0.15, 0.2) is 12.1 Å². The third-order valence-corrected chi connectivity index (χ3v) is 7.12. The molecule has 1 aromatic heterocycles. The summed E-state index contributed by atoms with van der Waals surface area (Å²) in [6, 6.07) is 15.4. The summed E-state index contributed by atoms with van der Waals surface area (Å²) in [4.78, 5) is 40.1. The SMILES string of the molecule is CC(C)(C)[C@@](NC(=O)/C=C/c1c(-n2ncnn2)ccc(Cl)c1F)(C(=O)Nc1ccc(C(=O)O)c(Cl)c1)c1ccccc1. The molecule has 2 amide bonds. The number of rotatable bonds is 8. The van der Waals surface area contributed by atoms with E-state index in [1.165, 1.54) is 42.7 Å². The highest BCUT2D eigenvalue weighted by molar-refractivity contribution is 6.34. The van der Waals surface area contributed by atoms with Crippen molar-refractivity contribution < 1.29 is 23.9 Å². The number of carboxylic acids is 1. The van der Waals surface area contributed by atoms with Crippen LogP contribution in [0.15, 0.2) is 73.1 Å². The van der Waals surface area contributed by atoms with Crippen LogP contribution >= 0.6 is 23.2 Å². The van der Waals surface area contributed by atoms with Crippen molar-refractivity contribution in [2.75, 3.05) is 5.32 Å². The lowest BCUT2D eigenvalue weighted by atomic mass is 9.68. The van der Waals surface area contributed by atoms with Gasteiger partial charge >= 0.3 is 5.97 Å². The van der Waals surface area contributed by atoms with Crippen LogP contribution in [0.3, 0.4) is 0 Å². The maximum absolute atomic E-state index is 15.1. The average Bonchev–Trinajstić information content (AvgIpc) is 3.47. The van der Waals surface area contributed by atoms with Crippen LogP contribution in [0, 0.1) is 11.2 Å². The summed E-state index contributed by atoms with van der Waals surface area (Å²) in [5, 5.41) is 26.0. The number of amides is 2. The van der Waals surface area contributed by atoms with Gasteiger partial charge in [0, 0.05) is 17.3 Å². The van der Waals surface area contributed by atoms with Crippen molar-refractivity contribution in [1.29, 1.82) is 0 Å². The van der Waals surface area contributed by atoms with E-state index in [1.807, 2.05) is 0 Å². The van der Waals surface area contributed by atoms with Gasteiger partial charge in [-0.15, -0.1) is 15.0 Å². The third kappa shape index (κ3) is 6.02. The molecule has 10 nitrogen and oxygen atoms in total. The average molecular weight is 611 g/mol. The molecule has 3 N–H and O–H groups in total. The Bertz CT molecular complexity index is 1670. The highest BCUT2D eigenvalue weighted by atomic mass is 35.5. The molecule has 0 aliphatic heterocycles. The molecule has 1 atom stereocenters. The van der Waals surface area contributed by atoms with Crippen LogP contribution in [-0.2, 0) is 15.1 Å². The fourth-order valence-electron chi connectivity index (χ4n) is 4.45. The number of tetrazole rings is 1. The summed E-state index contributed by atoms with van der Waals surface area (Å²) in [5.41, 5.74) is -1.94. The lowest BCUT2D eigenvalue weighted by Gasteiger charge is -2.44. The van der Waals surface area contributed by atoms with Crippen LogP contribution in [0.4, 0.5) is 10.1 Å². The molecule has 1 heterocycles. The molecule has 0 bridgehead atoms. The van der Waals surface area contributed by atoms with Gasteiger partial charge in [-0.1, -0.05) is 74.3 Å². The van der Waals surface area contributed by atoms with Crippen molar-refractivity contribution >= 4 is 52.7 Å². The molecule has 42 heavy (non-hydrogen) atoms. The first kappa shape index (κ1) is 30.4. The van der Waals surface area contributed by atoms with Crippen molar-refractivity contribution in [3.05, 3.63) is 106 Å². The summed E-state index contributed by atoms with van der Waals surface area (Å²) >= 11 is 12.1. The number of hydrogen-bond donors (Lipinski definition) is 3. The summed E-state index contributed by atoms with van der Waals surface area (Å²) in [6.45, 7) is 5.32. The van der Waals surface area contributed by atoms with Crippen molar-refractivity contribution in [3.63, 3.8) is 0 Å². The Kier molecular flexibility index (Phi) is 8.74. The molecule has 0 saturated carbocycles. The number of halogens is 3. The number of nitrogens with zero attached hydrogens (tertiary/aromatic N) is 4. The number of carbonyl (C=O) groups excluding carboxylic acids is 2. The number of nitrogens with one attached hydrogen (secondary N) is 2. The summed E-state index contributed by atoms with van der Waals surface area (Å²) in [7, 11) is 0. The minimum Gasteiger partial charge on any atom is -0.478 e. The molecule has 0 aliphatic rings. The van der Waals surface area contributed by atoms with Crippen molar-refractivity contribution in [2.24, 2.45) is 5.41 Å². The Morgan fingerprint density at radius 2 is 1.71 bits per heavy atom. The maximum atomic E-state index is 15.1. The zero-order valence-electron chi connectivity index (χ0n) is 22.6. The zero-order valence-corrected chi connectivity index (χ0v) is 24.1. The minimum atomic E-state index is -1.67. The number of hydrogen-bond acceptors (Lipinski definition) is 6. The predicted molar refractivity (Wildman–Crippen MR) is 156 cm³/mol. The molecule has 0 unspecified atom stereocenters. The summed E-state index contributed by atoms with van der Waals surface area (Å²) < 4.78 is 15.1. The van der Waals surface area contributed by atoms with Crippen LogP contribution in [0.5, 0.6) is 0 Å². The van der Waals surface area contributed by atoms with Crippen LogP contribution in [0.1, 0.15) is 42.3 Å². The van der Waals surface area contributed by atoms with E-state index < -0.39 is 34.6 Å². The molecule has 216 valence electrons. The monoisotopic (exact) mass is 610 g/mol. The molecule has 4 aromatic rings. The predicted octanol–water partition coefficient (Wildman–Crippen LogP) is 5.52. The number of carbonyl (C=O) groups is 3. The van der Waals surface area contributed by atoms with E-state index >= 15 is 4.39 Å². The maximum Gasteiger partial charge on any atom is 0.337 e. The standard InChI is InChI=1S/C29H25Cl2FN6O4/c1-28(2,3)29(17-7-5-4-6-8-17,27(42)35-18-9-10-19(26(40)41)22(31)15-18)36-24(39)14-11-20-23(38-34-16-33-37-38)13-12-21(30)25(20)32/h4-16H,1-3H3,(H,35,42)(H,36,39)(H,40,41)/b14-11+/t29-/m0/s1. The van der Waals surface area contributed by atoms with Gasteiger partial charge in [-0.2, -0.15) is 0 Å². The highest BCUT2D eigenvalue weighted by Crippen LogP contribution is 2.41. The number of aromatic carboxylic acids is 1. The van der Waals surface area contributed by atoms with Crippen LogP contribution < -0.4 is 10.6 Å². The van der Waals surface area contributed by atoms with Crippen LogP contribution in [0.2, 0.25) is 10.0 Å². The normalized spacial score (nSPS) is 13.0. The van der Waals surface area contributed by atoms with Crippen molar-refractivity contribution in [3.8, 4) is 5.69 Å². The van der Waals surface area contributed by atoms with Gasteiger partial charge in [0.1, 0.15) is 5.54 Å². The van der Waals surface area contributed by atoms with Gasteiger partial charge in [0.2, 0.25) is 5.91 Å². The Balaban J connectivity index is 1.75. The molecule has 0 fully saturated rings. The third-order valence-electron chi connectivity index (χ3n) is 6.52. The van der Waals surface area contributed by atoms with Gasteiger partial charge in [-0.3, -0.25) is 9.59 Å². The topological polar surface area (TPSA) is 139 Å². The number of benzene rings is 3. The largest absolute Gasteiger partial charge is 0.478 e. The second-order valence-corrected chi connectivity index (χ2v) is 11.0. The molecule has 0 aliphatic carbocycles. The van der Waals surface area contributed by atoms with Gasteiger partial charge < -0.3 is 15.7 Å². The lowest BCUT2D eigenvalue weighted by Crippen LogP contribution is -2.61. The van der Waals surface area contributed by atoms with Gasteiger partial charge in [-0.25, -0.2) is 9.18 Å². The number of carboxylic acid groups (broad SMARTS) is 1. The Labute approximate surface area is 250 Å². The quantitative estimate of drug-likeness (QED) is 0.223. The zero-order chi connectivity index (χ0) is 30.7. The Morgan fingerprint density at radius 3 is 2.31 bits per heavy atom. The van der Waals surface area contributed by atoms with E-state index in [0.717, 1.165) is 10.9 Å². The second kappa shape index (κ2) is 12.1. The molecular formula is C29H25Cl2FN6O4. The molecule has 0 saturated heterocycles.